The van der Waals surface area contributed by atoms with E-state index < -0.39 is 0 Å². The van der Waals surface area contributed by atoms with Gasteiger partial charge in [0.2, 0.25) is 0 Å². The third-order valence-electron chi connectivity index (χ3n) is 3.88. The summed E-state index contributed by atoms with van der Waals surface area (Å²) in [7, 11) is 1.92. The summed E-state index contributed by atoms with van der Waals surface area (Å²) in [6, 6.07) is 18.9. The minimum atomic E-state index is 0.137. The topological polar surface area (TPSA) is 38.0 Å². The molecule has 0 bridgehead atoms. The van der Waals surface area contributed by atoms with E-state index in [0.29, 0.717) is 6.42 Å². The fraction of sp³-hybridized carbons (Fsp3) is 0.211. The lowest BCUT2D eigenvalue weighted by atomic mass is 9.96. The van der Waals surface area contributed by atoms with Gasteiger partial charge in [0.25, 0.3) is 0 Å². The van der Waals surface area contributed by atoms with Crippen molar-refractivity contribution in [3.63, 3.8) is 0 Å². The summed E-state index contributed by atoms with van der Waals surface area (Å²) in [6.45, 7) is 2.23. The van der Waals surface area contributed by atoms with Crippen LogP contribution < -0.4 is 0 Å². The Balaban J connectivity index is 2.14. The second-order valence-electron chi connectivity index (χ2n) is 5.53. The molecule has 0 unspecified atom stereocenters. The molecule has 0 atom stereocenters. The van der Waals surface area contributed by atoms with E-state index >= 15 is 0 Å². The quantitative estimate of drug-likeness (QED) is 0.798. The highest BCUT2D eigenvalue weighted by molar-refractivity contribution is 5.82. The van der Waals surface area contributed by atoms with E-state index in [4.69, 9.17) is 5.11 Å². The SMILES string of the molecule is Cc1ccc(-c2ccccc2)c(-c2cc(CCO)n(C)n2)c1. The van der Waals surface area contributed by atoms with Crippen molar-refractivity contribution in [3.05, 3.63) is 65.9 Å². The first-order valence-corrected chi connectivity index (χ1v) is 7.49. The Morgan fingerprint density at radius 1 is 1.00 bits per heavy atom. The van der Waals surface area contributed by atoms with E-state index in [2.05, 4.69) is 60.6 Å². The van der Waals surface area contributed by atoms with Gasteiger partial charge in [0.1, 0.15) is 0 Å². The van der Waals surface area contributed by atoms with Crippen molar-refractivity contribution in [1.82, 2.24) is 9.78 Å². The summed E-state index contributed by atoms with van der Waals surface area (Å²) in [6.07, 6.45) is 0.621. The molecule has 1 aromatic heterocycles. The van der Waals surface area contributed by atoms with Gasteiger partial charge in [-0.1, -0.05) is 48.0 Å². The van der Waals surface area contributed by atoms with E-state index in [1.54, 1.807) is 0 Å². The lowest BCUT2D eigenvalue weighted by Gasteiger charge is -2.09. The summed E-state index contributed by atoms with van der Waals surface area (Å²) < 4.78 is 1.85. The highest BCUT2D eigenvalue weighted by Gasteiger charge is 2.12. The molecule has 0 aliphatic heterocycles. The average Bonchev–Trinajstić information content (AvgIpc) is 2.89. The van der Waals surface area contributed by atoms with Crippen LogP contribution in [-0.4, -0.2) is 21.5 Å². The average molecular weight is 292 g/mol. The lowest BCUT2D eigenvalue weighted by Crippen LogP contribution is -2.00. The predicted octanol–water partition coefficient (Wildman–Crippen LogP) is 3.60. The summed E-state index contributed by atoms with van der Waals surface area (Å²) in [5.41, 5.74) is 6.70. The Hall–Kier alpha value is -2.39. The minimum Gasteiger partial charge on any atom is -0.396 e. The number of benzene rings is 2. The van der Waals surface area contributed by atoms with Gasteiger partial charge >= 0.3 is 0 Å². The molecule has 0 aliphatic rings. The van der Waals surface area contributed by atoms with Crippen molar-refractivity contribution in [1.29, 1.82) is 0 Å². The van der Waals surface area contributed by atoms with Gasteiger partial charge < -0.3 is 5.11 Å². The van der Waals surface area contributed by atoms with Crippen molar-refractivity contribution in [3.8, 4) is 22.4 Å². The Bertz CT molecular complexity index is 775. The summed E-state index contributed by atoms with van der Waals surface area (Å²) in [5, 5.41) is 13.8. The minimum absolute atomic E-state index is 0.137. The monoisotopic (exact) mass is 292 g/mol. The molecule has 112 valence electrons. The zero-order valence-electron chi connectivity index (χ0n) is 13.0. The van der Waals surface area contributed by atoms with Crippen LogP contribution in [0.25, 0.3) is 22.4 Å². The maximum atomic E-state index is 9.16. The van der Waals surface area contributed by atoms with Crippen LogP contribution in [-0.2, 0) is 13.5 Å². The zero-order valence-corrected chi connectivity index (χ0v) is 13.0. The van der Waals surface area contributed by atoms with Gasteiger partial charge in [-0.3, -0.25) is 4.68 Å². The van der Waals surface area contributed by atoms with Gasteiger partial charge in [-0.05, 0) is 30.2 Å². The van der Waals surface area contributed by atoms with Crippen molar-refractivity contribution >= 4 is 0 Å². The molecular weight excluding hydrogens is 272 g/mol. The maximum absolute atomic E-state index is 9.16. The Morgan fingerprint density at radius 3 is 2.50 bits per heavy atom. The molecule has 0 aliphatic carbocycles. The molecular formula is C19H20N2O. The van der Waals surface area contributed by atoms with E-state index in [-0.39, 0.29) is 6.61 Å². The maximum Gasteiger partial charge on any atom is 0.0932 e. The number of hydrogen-bond acceptors (Lipinski definition) is 2. The fourth-order valence-electron chi connectivity index (χ4n) is 2.73. The second-order valence-corrected chi connectivity index (χ2v) is 5.53. The Morgan fingerprint density at radius 2 is 1.77 bits per heavy atom. The number of nitrogens with zero attached hydrogens (tertiary/aromatic N) is 2. The van der Waals surface area contributed by atoms with Crippen molar-refractivity contribution in [2.45, 2.75) is 13.3 Å². The molecule has 3 nitrogen and oxygen atoms in total. The van der Waals surface area contributed by atoms with Gasteiger partial charge in [0, 0.05) is 31.3 Å². The third kappa shape index (κ3) is 2.81. The van der Waals surface area contributed by atoms with Crippen molar-refractivity contribution < 1.29 is 5.11 Å². The van der Waals surface area contributed by atoms with Crippen LogP contribution in [0.5, 0.6) is 0 Å². The molecule has 1 N–H and O–H groups in total. The fourth-order valence-corrected chi connectivity index (χ4v) is 2.73. The molecule has 3 heteroatoms. The zero-order chi connectivity index (χ0) is 15.5. The molecule has 0 fully saturated rings. The number of hydrogen-bond donors (Lipinski definition) is 1. The van der Waals surface area contributed by atoms with E-state index in [1.807, 2.05) is 17.8 Å². The number of aromatic nitrogens is 2. The molecule has 1 heterocycles. The molecule has 0 radical (unpaired) electrons. The highest BCUT2D eigenvalue weighted by atomic mass is 16.3. The van der Waals surface area contributed by atoms with Gasteiger partial charge in [0.15, 0.2) is 0 Å². The van der Waals surface area contributed by atoms with Crippen LogP contribution >= 0.6 is 0 Å². The van der Waals surface area contributed by atoms with Crippen LogP contribution in [0, 0.1) is 6.92 Å². The molecule has 0 saturated carbocycles. The molecule has 0 spiro atoms. The summed E-state index contributed by atoms with van der Waals surface area (Å²) in [5.74, 6) is 0. The highest BCUT2D eigenvalue weighted by Crippen LogP contribution is 2.32. The first-order chi connectivity index (χ1) is 10.7. The Labute approximate surface area is 130 Å². The third-order valence-corrected chi connectivity index (χ3v) is 3.88. The van der Waals surface area contributed by atoms with Gasteiger partial charge in [-0.2, -0.15) is 5.10 Å². The van der Waals surface area contributed by atoms with Gasteiger partial charge in [-0.15, -0.1) is 0 Å². The van der Waals surface area contributed by atoms with E-state index in [9.17, 15) is 0 Å². The number of rotatable bonds is 4. The van der Waals surface area contributed by atoms with Crippen LogP contribution in [0.1, 0.15) is 11.3 Å². The summed E-state index contributed by atoms with van der Waals surface area (Å²) in [4.78, 5) is 0. The van der Waals surface area contributed by atoms with Gasteiger partial charge in [0.05, 0.1) is 5.69 Å². The largest absolute Gasteiger partial charge is 0.396 e. The smallest absolute Gasteiger partial charge is 0.0932 e. The van der Waals surface area contributed by atoms with Crippen molar-refractivity contribution in [2.75, 3.05) is 6.61 Å². The lowest BCUT2D eigenvalue weighted by molar-refractivity contribution is 0.296. The normalized spacial score (nSPS) is 10.9. The molecule has 3 aromatic rings. The molecule has 22 heavy (non-hydrogen) atoms. The Kier molecular flexibility index (Phi) is 4.07. The van der Waals surface area contributed by atoms with E-state index in [0.717, 1.165) is 17.0 Å². The molecule has 0 amide bonds. The molecule has 2 aromatic carbocycles. The summed E-state index contributed by atoms with van der Waals surface area (Å²) >= 11 is 0. The first-order valence-electron chi connectivity index (χ1n) is 7.49. The van der Waals surface area contributed by atoms with Crippen LogP contribution in [0.3, 0.4) is 0 Å². The predicted molar refractivity (Wildman–Crippen MR) is 89.6 cm³/mol. The van der Waals surface area contributed by atoms with Crippen LogP contribution in [0.4, 0.5) is 0 Å². The van der Waals surface area contributed by atoms with Crippen LogP contribution in [0.2, 0.25) is 0 Å². The number of aryl methyl sites for hydroxylation is 2. The number of aliphatic hydroxyl groups is 1. The standard InChI is InChI=1S/C19H20N2O/c1-14-8-9-17(15-6-4-3-5-7-15)18(12-14)19-13-16(10-11-22)21(2)20-19/h3-9,12-13,22H,10-11H2,1-2H3. The first kappa shape index (κ1) is 14.5. The molecule has 3 rings (SSSR count). The second kappa shape index (κ2) is 6.16. The number of aliphatic hydroxyl groups excluding tert-OH is 1. The van der Waals surface area contributed by atoms with Crippen LogP contribution in [0.15, 0.2) is 54.6 Å². The molecule has 0 saturated heterocycles. The van der Waals surface area contributed by atoms with Crippen molar-refractivity contribution in [2.24, 2.45) is 7.05 Å². The van der Waals surface area contributed by atoms with Gasteiger partial charge in [-0.25, -0.2) is 0 Å². The van der Waals surface area contributed by atoms with E-state index in [1.165, 1.54) is 16.7 Å².